The molecule has 27 heavy (non-hydrogen) atoms. The number of carboxylic acid groups (broad SMARTS) is 1. The van der Waals surface area contributed by atoms with Gasteiger partial charge in [-0.3, -0.25) is 9.59 Å². The molecular weight excluding hydrogens is 346 g/mol. The van der Waals surface area contributed by atoms with Crippen LogP contribution in [0.1, 0.15) is 44.6 Å². The fourth-order valence-corrected chi connectivity index (χ4v) is 2.53. The van der Waals surface area contributed by atoms with Gasteiger partial charge in [0, 0.05) is 12.6 Å². The highest BCUT2D eigenvalue weighted by atomic mass is 16.5. The number of nitrogens with zero attached hydrogens (tertiary/aromatic N) is 3. The van der Waals surface area contributed by atoms with Crippen molar-refractivity contribution in [1.29, 1.82) is 0 Å². The van der Waals surface area contributed by atoms with Crippen LogP contribution in [0.5, 0.6) is 5.75 Å². The van der Waals surface area contributed by atoms with E-state index in [0.29, 0.717) is 18.3 Å². The van der Waals surface area contributed by atoms with Gasteiger partial charge >= 0.3 is 5.97 Å². The van der Waals surface area contributed by atoms with Gasteiger partial charge in [-0.15, -0.1) is 0 Å². The number of para-hydroxylation sites is 1. The van der Waals surface area contributed by atoms with E-state index < -0.39 is 5.97 Å². The number of ether oxygens (including phenoxy) is 1. The number of carbonyl (C=O) groups excluding carboxylic acids is 1. The summed E-state index contributed by atoms with van der Waals surface area (Å²) in [5, 5.41) is 13.4. The first-order chi connectivity index (χ1) is 12.8. The molecule has 0 radical (unpaired) electrons. The SMILES string of the molecule is CC(C)COc1cn(-c2ccccc2)nc1C(=O)N(CCC(=O)O)C(C)C. The largest absolute Gasteiger partial charge is 0.489 e. The van der Waals surface area contributed by atoms with Crippen LogP contribution in [0, 0.1) is 5.92 Å². The van der Waals surface area contributed by atoms with Crippen molar-refractivity contribution in [1.82, 2.24) is 14.7 Å². The molecule has 2 aromatic rings. The van der Waals surface area contributed by atoms with Crippen LogP contribution in [-0.2, 0) is 4.79 Å². The lowest BCUT2D eigenvalue weighted by atomic mass is 10.2. The van der Waals surface area contributed by atoms with Gasteiger partial charge in [-0.2, -0.15) is 5.10 Å². The summed E-state index contributed by atoms with van der Waals surface area (Å²) in [7, 11) is 0. The number of amides is 1. The van der Waals surface area contributed by atoms with Crippen molar-refractivity contribution in [3.8, 4) is 11.4 Å². The fourth-order valence-electron chi connectivity index (χ4n) is 2.53. The lowest BCUT2D eigenvalue weighted by molar-refractivity contribution is -0.137. The third-order valence-electron chi connectivity index (χ3n) is 3.93. The Morgan fingerprint density at radius 2 is 1.85 bits per heavy atom. The van der Waals surface area contributed by atoms with Crippen molar-refractivity contribution >= 4 is 11.9 Å². The van der Waals surface area contributed by atoms with Crippen LogP contribution >= 0.6 is 0 Å². The smallest absolute Gasteiger partial charge is 0.305 e. The molecule has 1 amide bonds. The van der Waals surface area contributed by atoms with Gasteiger partial charge in [0.2, 0.25) is 0 Å². The van der Waals surface area contributed by atoms with Crippen LogP contribution < -0.4 is 4.74 Å². The lowest BCUT2D eigenvalue weighted by Crippen LogP contribution is -2.39. The first-order valence-electron chi connectivity index (χ1n) is 9.10. The average molecular weight is 373 g/mol. The van der Waals surface area contributed by atoms with Crippen LogP contribution in [0.3, 0.4) is 0 Å². The van der Waals surface area contributed by atoms with Gasteiger partial charge in [0.05, 0.1) is 24.9 Å². The highest BCUT2D eigenvalue weighted by Gasteiger charge is 2.26. The van der Waals surface area contributed by atoms with Crippen molar-refractivity contribution < 1.29 is 19.4 Å². The summed E-state index contributed by atoms with van der Waals surface area (Å²) < 4.78 is 7.44. The summed E-state index contributed by atoms with van der Waals surface area (Å²) in [5.41, 5.74) is 1.01. The van der Waals surface area contributed by atoms with Crippen LogP contribution in [0.4, 0.5) is 0 Å². The number of benzene rings is 1. The second kappa shape index (κ2) is 9.21. The van der Waals surface area contributed by atoms with Gasteiger partial charge in [-0.1, -0.05) is 32.0 Å². The average Bonchev–Trinajstić information content (AvgIpc) is 3.04. The van der Waals surface area contributed by atoms with E-state index in [1.807, 2.05) is 58.0 Å². The zero-order valence-electron chi connectivity index (χ0n) is 16.3. The molecule has 1 N–H and O–H groups in total. The minimum absolute atomic E-state index is 0.119. The van der Waals surface area contributed by atoms with Gasteiger partial charge in [0.15, 0.2) is 11.4 Å². The van der Waals surface area contributed by atoms with Gasteiger partial charge < -0.3 is 14.7 Å². The first kappa shape index (κ1) is 20.5. The molecule has 146 valence electrons. The maximum atomic E-state index is 13.1. The zero-order chi connectivity index (χ0) is 20.0. The van der Waals surface area contributed by atoms with Crippen molar-refractivity contribution in [2.45, 2.75) is 40.2 Å². The molecule has 0 aliphatic carbocycles. The minimum atomic E-state index is -0.945. The molecule has 2 rings (SSSR count). The van der Waals surface area contributed by atoms with E-state index in [1.54, 1.807) is 10.9 Å². The maximum Gasteiger partial charge on any atom is 0.305 e. The Bertz CT molecular complexity index is 769. The predicted molar refractivity (Wildman–Crippen MR) is 102 cm³/mol. The second-order valence-electron chi connectivity index (χ2n) is 7.06. The van der Waals surface area contributed by atoms with Crippen LogP contribution in [0.25, 0.3) is 5.69 Å². The Morgan fingerprint density at radius 3 is 2.41 bits per heavy atom. The Hall–Kier alpha value is -2.83. The number of hydrogen-bond donors (Lipinski definition) is 1. The minimum Gasteiger partial charge on any atom is -0.489 e. The molecule has 0 unspecified atom stereocenters. The lowest BCUT2D eigenvalue weighted by Gasteiger charge is -2.25. The van der Waals surface area contributed by atoms with Gasteiger partial charge in [-0.05, 0) is 31.9 Å². The normalized spacial score (nSPS) is 11.0. The van der Waals surface area contributed by atoms with Crippen molar-refractivity contribution in [3.05, 3.63) is 42.2 Å². The maximum absolute atomic E-state index is 13.1. The molecule has 0 spiro atoms. The highest BCUT2D eigenvalue weighted by Crippen LogP contribution is 2.23. The molecule has 1 aromatic heterocycles. The van der Waals surface area contributed by atoms with Crippen molar-refractivity contribution in [2.24, 2.45) is 5.92 Å². The fraction of sp³-hybridized carbons (Fsp3) is 0.450. The summed E-state index contributed by atoms with van der Waals surface area (Å²) in [4.78, 5) is 25.5. The number of aliphatic carboxylic acids is 1. The molecule has 0 aliphatic rings. The summed E-state index contributed by atoms with van der Waals surface area (Å²) in [6, 6.07) is 9.30. The Kier molecular flexibility index (Phi) is 6.98. The molecule has 1 aromatic carbocycles. The molecule has 0 atom stereocenters. The van der Waals surface area contributed by atoms with Crippen LogP contribution in [0.2, 0.25) is 0 Å². The number of rotatable bonds is 9. The molecule has 0 bridgehead atoms. The molecule has 0 saturated heterocycles. The summed E-state index contributed by atoms with van der Waals surface area (Å²) in [6.45, 7) is 8.32. The predicted octanol–water partition coefficient (Wildman–Crippen LogP) is 3.23. The standard InChI is InChI=1S/C20H27N3O4/c1-14(2)13-27-17-12-23(16-8-6-5-7-9-16)21-19(17)20(26)22(15(3)4)11-10-18(24)25/h5-9,12,14-15H,10-11,13H2,1-4H3,(H,24,25). The second-order valence-corrected chi connectivity index (χ2v) is 7.06. The van der Waals surface area contributed by atoms with E-state index in [0.717, 1.165) is 5.69 Å². The quantitative estimate of drug-likeness (QED) is 0.729. The molecule has 1 heterocycles. The third-order valence-corrected chi connectivity index (χ3v) is 3.93. The first-order valence-corrected chi connectivity index (χ1v) is 9.10. The molecule has 7 heteroatoms. The van der Waals surface area contributed by atoms with Crippen LogP contribution in [-0.4, -0.2) is 50.9 Å². The van der Waals surface area contributed by atoms with Crippen LogP contribution in [0.15, 0.2) is 36.5 Å². The molecule has 0 fully saturated rings. The number of aromatic nitrogens is 2. The van der Waals surface area contributed by atoms with Crippen molar-refractivity contribution in [3.63, 3.8) is 0 Å². The van der Waals surface area contributed by atoms with Gasteiger partial charge in [-0.25, -0.2) is 4.68 Å². The zero-order valence-corrected chi connectivity index (χ0v) is 16.3. The summed E-state index contributed by atoms with van der Waals surface area (Å²) in [5.74, 6) is -0.584. The van der Waals surface area contributed by atoms with Gasteiger partial charge in [0.25, 0.3) is 5.91 Å². The number of hydrogen-bond acceptors (Lipinski definition) is 4. The van der Waals surface area contributed by atoms with E-state index in [2.05, 4.69) is 5.10 Å². The topological polar surface area (TPSA) is 84.7 Å². The van der Waals surface area contributed by atoms with E-state index in [1.165, 1.54) is 4.90 Å². The highest BCUT2D eigenvalue weighted by molar-refractivity contribution is 5.95. The van der Waals surface area contributed by atoms with E-state index in [-0.39, 0.29) is 30.6 Å². The Morgan fingerprint density at radius 1 is 1.19 bits per heavy atom. The van der Waals surface area contributed by atoms with Gasteiger partial charge in [0.1, 0.15) is 0 Å². The molecule has 7 nitrogen and oxygen atoms in total. The molecule has 0 saturated carbocycles. The van der Waals surface area contributed by atoms with E-state index >= 15 is 0 Å². The number of carboxylic acids is 1. The molecular formula is C20H27N3O4. The Balaban J connectivity index is 2.37. The van der Waals surface area contributed by atoms with E-state index in [9.17, 15) is 9.59 Å². The Labute approximate surface area is 159 Å². The van der Waals surface area contributed by atoms with Crippen molar-refractivity contribution in [2.75, 3.05) is 13.2 Å². The monoisotopic (exact) mass is 373 g/mol. The summed E-state index contributed by atoms with van der Waals surface area (Å²) >= 11 is 0. The van der Waals surface area contributed by atoms with E-state index in [4.69, 9.17) is 9.84 Å². The summed E-state index contributed by atoms with van der Waals surface area (Å²) in [6.07, 6.45) is 1.58. The molecule has 0 aliphatic heterocycles. The third kappa shape index (κ3) is 5.57. The number of carbonyl (C=O) groups is 2.